The molecule has 2 aromatic carbocycles. The van der Waals surface area contributed by atoms with Crippen LogP contribution in [0.1, 0.15) is 0 Å². The number of ether oxygens (including phenoxy) is 4. The van der Waals surface area contributed by atoms with Crippen LogP contribution in [-0.2, 0) is 0 Å². The lowest BCUT2D eigenvalue weighted by molar-refractivity contribution is 0.350. The zero-order valence-electron chi connectivity index (χ0n) is 14.8. The Morgan fingerprint density at radius 3 is 2.23 bits per heavy atom. The molecule has 0 aliphatic rings. The number of hydrogen-bond donors (Lipinski definition) is 1. The summed E-state index contributed by atoms with van der Waals surface area (Å²) < 4.78 is 27.0. The molecule has 0 bridgehead atoms. The molecule has 7 heteroatoms. The summed E-state index contributed by atoms with van der Waals surface area (Å²) in [5.41, 5.74) is 0.177. The van der Waals surface area contributed by atoms with Gasteiger partial charge in [-0.15, -0.1) is 0 Å². The summed E-state index contributed by atoms with van der Waals surface area (Å²) in [6, 6.07) is 7.72. The van der Waals surface area contributed by atoms with Gasteiger partial charge < -0.3 is 28.5 Å². The first-order valence-electron chi connectivity index (χ1n) is 7.68. The highest BCUT2D eigenvalue weighted by molar-refractivity contribution is 5.92. The van der Waals surface area contributed by atoms with Crippen molar-refractivity contribution in [3.63, 3.8) is 0 Å². The van der Waals surface area contributed by atoms with Crippen LogP contribution in [0.3, 0.4) is 0 Å². The Labute approximate surface area is 149 Å². The summed E-state index contributed by atoms with van der Waals surface area (Å²) in [7, 11) is 5.90. The third-order valence-electron chi connectivity index (χ3n) is 4.00. The van der Waals surface area contributed by atoms with E-state index in [0.29, 0.717) is 17.1 Å². The topological polar surface area (TPSA) is 87.4 Å². The molecule has 0 spiro atoms. The van der Waals surface area contributed by atoms with Crippen LogP contribution in [0.15, 0.2) is 39.5 Å². The van der Waals surface area contributed by atoms with Gasteiger partial charge in [0.05, 0.1) is 34.0 Å². The van der Waals surface area contributed by atoms with Gasteiger partial charge in [-0.05, 0) is 18.2 Å². The van der Waals surface area contributed by atoms with E-state index in [0.717, 1.165) is 0 Å². The number of rotatable bonds is 5. The largest absolute Gasteiger partial charge is 0.507 e. The summed E-state index contributed by atoms with van der Waals surface area (Å²) in [5, 5.41) is 10.2. The van der Waals surface area contributed by atoms with Crippen molar-refractivity contribution in [1.82, 2.24) is 0 Å². The van der Waals surface area contributed by atoms with E-state index in [1.165, 1.54) is 40.6 Å². The van der Waals surface area contributed by atoms with E-state index in [2.05, 4.69) is 0 Å². The van der Waals surface area contributed by atoms with E-state index < -0.39 is 5.43 Å². The van der Waals surface area contributed by atoms with E-state index in [4.69, 9.17) is 23.4 Å². The van der Waals surface area contributed by atoms with Crippen LogP contribution in [0.25, 0.3) is 22.3 Å². The lowest BCUT2D eigenvalue weighted by Crippen LogP contribution is -2.03. The Kier molecular flexibility index (Phi) is 4.62. The molecule has 0 amide bonds. The van der Waals surface area contributed by atoms with Crippen molar-refractivity contribution in [3.05, 3.63) is 40.6 Å². The summed E-state index contributed by atoms with van der Waals surface area (Å²) >= 11 is 0. The lowest BCUT2D eigenvalue weighted by Gasteiger charge is -2.13. The fourth-order valence-electron chi connectivity index (χ4n) is 2.75. The van der Waals surface area contributed by atoms with Gasteiger partial charge in [0.2, 0.25) is 5.75 Å². The minimum atomic E-state index is -0.426. The number of benzene rings is 2. The first-order valence-corrected chi connectivity index (χ1v) is 7.68. The monoisotopic (exact) mass is 358 g/mol. The molecule has 1 aromatic heterocycles. The van der Waals surface area contributed by atoms with Crippen LogP contribution in [-0.4, -0.2) is 33.5 Å². The van der Waals surface area contributed by atoms with E-state index in [-0.39, 0.29) is 34.0 Å². The fraction of sp³-hybridized carbons (Fsp3) is 0.211. The number of phenols is 1. The first-order chi connectivity index (χ1) is 12.5. The summed E-state index contributed by atoms with van der Waals surface area (Å²) in [4.78, 5) is 12.6. The quantitative estimate of drug-likeness (QED) is 0.749. The van der Waals surface area contributed by atoms with Crippen molar-refractivity contribution >= 4 is 11.0 Å². The second-order valence-electron chi connectivity index (χ2n) is 5.38. The van der Waals surface area contributed by atoms with Crippen molar-refractivity contribution in [3.8, 4) is 40.1 Å². The predicted octanol–water partition coefficient (Wildman–Crippen LogP) is 3.20. The summed E-state index contributed by atoms with van der Waals surface area (Å²) in [6.07, 6.45) is 0. The molecule has 0 fully saturated rings. The second kappa shape index (κ2) is 6.87. The van der Waals surface area contributed by atoms with E-state index in [1.54, 1.807) is 18.2 Å². The highest BCUT2D eigenvalue weighted by Crippen LogP contribution is 2.42. The molecule has 136 valence electrons. The van der Waals surface area contributed by atoms with Gasteiger partial charge in [-0.3, -0.25) is 4.79 Å². The highest BCUT2D eigenvalue weighted by atomic mass is 16.5. The molecule has 0 saturated heterocycles. The van der Waals surface area contributed by atoms with Crippen molar-refractivity contribution in [1.29, 1.82) is 0 Å². The maximum absolute atomic E-state index is 12.6. The van der Waals surface area contributed by atoms with Crippen molar-refractivity contribution in [2.45, 2.75) is 0 Å². The van der Waals surface area contributed by atoms with Gasteiger partial charge >= 0.3 is 0 Å². The standard InChI is InChI=1S/C19H18O7/c1-22-10-5-6-14(23-2)11(7-10)15-8-12(20)17-13(21)9-16(24-3)18(25-4)19(17)26-15/h5-9,21H,1-4H3. The molecule has 0 atom stereocenters. The van der Waals surface area contributed by atoms with Gasteiger partial charge in [0, 0.05) is 12.1 Å². The van der Waals surface area contributed by atoms with Crippen LogP contribution >= 0.6 is 0 Å². The van der Waals surface area contributed by atoms with Crippen LogP contribution < -0.4 is 24.4 Å². The van der Waals surface area contributed by atoms with Crippen molar-refractivity contribution in [2.75, 3.05) is 28.4 Å². The molecule has 0 aliphatic heterocycles. The molecule has 3 rings (SSSR count). The van der Waals surface area contributed by atoms with Gasteiger partial charge in [-0.25, -0.2) is 0 Å². The molecule has 3 aromatic rings. The average molecular weight is 358 g/mol. The number of methoxy groups -OCH3 is 4. The molecule has 26 heavy (non-hydrogen) atoms. The van der Waals surface area contributed by atoms with Gasteiger partial charge in [0.25, 0.3) is 0 Å². The van der Waals surface area contributed by atoms with Crippen LogP contribution in [0, 0.1) is 0 Å². The first kappa shape index (κ1) is 17.5. The zero-order valence-corrected chi connectivity index (χ0v) is 14.8. The van der Waals surface area contributed by atoms with Crippen LogP contribution in [0.5, 0.6) is 28.7 Å². The zero-order chi connectivity index (χ0) is 18.8. The fourth-order valence-corrected chi connectivity index (χ4v) is 2.75. The van der Waals surface area contributed by atoms with E-state index >= 15 is 0 Å². The molecule has 1 N–H and O–H groups in total. The Balaban J connectivity index is 2.38. The number of fused-ring (bicyclic) bond motifs is 1. The van der Waals surface area contributed by atoms with Crippen LogP contribution in [0.4, 0.5) is 0 Å². The highest BCUT2D eigenvalue weighted by Gasteiger charge is 2.21. The summed E-state index contributed by atoms with van der Waals surface area (Å²) in [6.45, 7) is 0. The smallest absolute Gasteiger partial charge is 0.205 e. The van der Waals surface area contributed by atoms with Crippen molar-refractivity contribution in [2.24, 2.45) is 0 Å². The van der Waals surface area contributed by atoms with Gasteiger partial charge in [0.15, 0.2) is 16.8 Å². The Bertz CT molecular complexity index is 1020. The third kappa shape index (κ3) is 2.77. The Hall–Kier alpha value is -3.35. The minimum absolute atomic E-state index is 0.00765. The van der Waals surface area contributed by atoms with Gasteiger partial charge in [0.1, 0.15) is 28.4 Å². The molecule has 0 saturated carbocycles. The maximum Gasteiger partial charge on any atom is 0.205 e. The Morgan fingerprint density at radius 2 is 1.62 bits per heavy atom. The molecular formula is C19H18O7. The van der Waals surface area contributed by atoms with Gasteiger partial charge in [-0.1, -0.05) is 0 Å². The molecule has 7 nitrogen and oxygen atoms in total. The molecule has 0 radical (unpaired) electrons. The molecule has 0 aliphatic carbocycles. The molecule has 0 unspecified atom stereocenters. The average Bonchev–Trinajstić information content (AvgIpc) is 2.66. The predicted molar refractivity (Wildman–Crippen MR) is 95.8 cm³/mol. The number of phenolic OH excluding ortho intramolecular Hbond substituents is 1. The second-order valence-corrected chi connectivity index (χ2v) is 5.38. The van der Waals surface area contributed by atoms with E-state index in [9.17, 15) is 9.90 Å². The summed E-state index contributed by atoms with van der Waals surface area (Å²) in [5.74, 6) is 1.51. The number of hydrogen-bond acceptors (Lipinski definition) is 7. The van der Waals surface area contributed by atoms with Crippen molar-refractivity contribution < 1.29 is 28.5 Å². The Morgan fingerprint density at radius 1 is 0.885 bits per heavy atom. The molecular weight excluding hydrogens is 340 g/mol. The number of aromatic hydroxyl groups is 1. The van der Waals surface area contributed by atoms with Gasteiger partial charge in [-0.2, -0.15) is 0 Å². The normalized spacial score (nSPS) is 10.6. The minimum Gasteiger partial charge on any atom is -0.507 e. The maximum atomic E-state index is 12.6. The SMILES string of the molecule is COc1ccc(OC)c(-c2cc(=O)c3c(O)cc(OC)c(OC)c3o2)c1. The third-order valence-corrected chi connectivity index (χ3v) is 4.00. The van der Waals surface area contributed by atoms with E-state index in [1.807, 2.05) is 0 Å². The van der Waals surface area contributed by atoms with Crippen LogP contribution in [0.2, 0.25) is 0 Å². The lowest BCUT2D eigenvalue weighted by atomic mass is 10.1. The molecule has 1 heterocycles.